The van der Waals surface area contributed by atoms with Crippen molar-refractivity contribution in [2.75, 3.05) is 18.0 Å². The van der Waals surface area contributed by atoms with Crippen LogP contribution in [0.5, 0.6) is 0 Å². The minimum atomic E-state index is 0.0777. The lowest BCUT2D eigenvalue weighted by molar-refractivity contribution is 0.265. The monoisotopic (exact) mass is 549 g/mol. The minimum absolute atomic E-state index is 0.0777. The maximum atomic E-state index is 9.93. The molecule has 1 spiro atoms. The van der Waals surface area contributed by atoms with E-state index in [-0.39, 0.29) is 11.4 Å². The van der Waals surface area contributed by atoms with Gasteiger partial charge in [-0.15, -0.1) is 11.3 Å². The fourth-order valence-electron chi connectivity index (χ4n) is 6.84. The first-order valence-electron chi connectivity index (χ1n) is 13.6. The topological polar surface area (TPSA) is 50.5 Å². The lowest BCUT2D eigenvalue weighted by Gasteiger charge is -2.38. The number of aliphatic hydroxyl groups excluding tert-OH is 1. The van der Waals surface area contributed by atoms with Crippen molar-refractivity contribution in [1.29, 1.82) is 5.26 Å². The highest BCUT2D eigenvalue weighted by Gasteiger charge is 2.50. The first-order chi connectivity index (χ1) is 17.8. The molecule has 2 fully saturated rings. The molecule has 7 heteroatoms. The summed E-state index contributed by atoms with van der Waals surface area (Å²) in [5, 5.41) is 21.0. The van der Waals surface area contributed by atoms with E-state index in [2.05, 4.69) is 78.1 Å². The molecule has 0 bridgehead atoms. The van der Waals surface area contributed by atoms with Crippen LogP contribution in [0.25, 0.3) is 20.9 Å². The normalized spacial score (nSPS) is 21.8. The number of benzene rings is 1. The van der Waals surface area contributed by atoms with E-state index in [1.54, 1.807) is 11.3 Å². The smallest absolute Gasteiger partial charge is 0.0991 e. The third kappa shape index (κ3) is 4.72. The number of nitriles is 1. The van der Waals surface area contributed by atoms with E-state index in [0.717, 1.165) is 36.4 Å². The molecule has 1 saturated heterocycles. The molecule has 3 aromatic rings. The average Bonchev–Trinajstić information content (AvgIpc) is 3.61. The predicted octanol–water partition coefficient (Wildman–Crippen LogP) is 8.10. The summed E-state index contributed by atoms with van der Waals surface area (Å²) < 4.78 is 4.23. The van der Waals surface area contributed by atoms with Gasteiger partial charge < -0.3 is 10.0 Å². The predicted molar refractivity (Wildman–Crippen MR) is 160 cm³/mol. The summed E-state index contributed by atoms with van der Waals surface area (Å²) in [6.07, 6.45) is 8.72. The number of aryl methyl sites for hydroxylation is 1. The van der Waals surface area contributed by atoms with Gasteiger partial charge in [0.15, 0.2) is 0 Å². The molecular weight excluding hydrogens is 513 g/mol. The Bertz CT molecular complexity index is 1370. The van der Waals surface area contributed by atoms with E-state index in [1.807, 2.05) is 0 Å². The standard InChI is InChI=1S/C30H36N3OPS2/c1-29(2,3)37-33-18-22(16-30(33)9-4-5-10-30)32-11-6-7-21-13-20(17-31)14-25(27(21)32)24-8-12-35-26-15-23(19-34)36-28(24)26/h8,12-15,22,34H,4-7,9-11,16,18-19H2,1-3H3. The second-order valence-electron chi connectivity index (χ2n) is 11.9. The van der Waals surface area contributed by atoms with Crippen LogP contribution in [0.4, 0.5) is 5.69 Å². The van der Waals surface area contributed by atoms with Crippen LogP contribution in [0.2, 0.25) is 0 Å². The Kier molecular flexibility index (Phi) is 6.83. The van der Waals surface area contributed by atoms with Gasteiger partial charge in [-0.2, -0.15) is 5.26 Å². The van der Waals surface area contributed by atoms with Crippen molar-refractivity contribution in [2.45, 2.75) is 88.7 Å². The zero-order chi connectivity index (χ0) is 25.8. The second kappa shape index (κ2) is 9.85. The molecule has 194 valence electrons. The van der Waals surface area contributed by atoms with Crippen molar-refractivity contribution in [3.05, 3.63) is 46.1 Å². The summed E-state index contributed by atoms with van der Waals surface area (Å²) in [5.41, 5.74) is 6.17. The van der Waals surface area contributed by atoms with Gasteiger partial charge in [0, 0.05) is 60.9 Å². The summed E-state index contributed by atoms with van der Waals surface area (Å²) in [7, 11) is 1.18. The van der Waals surface area contributed by atoms with E-state index in [4.69, 9.17) is 0 Å². The third-order valence-electron chi connectivity index (χ3n) is 8.24. The molecule has 1 atom stereocenters. The van der Waals surface area contributed by atoms with Crippen LogP contribution in [0.3, 0.4) is 0 Å². The molecule has 1 aromatic carbocycles. The van der Waals surface area contributed by atoms with Gasteiger partial charge >= 0.3 is 0 Å². The molecule has 1 aliphatic carbocycles. The fourth-order valence-corrected chi connectivity index (χ4v) is 10.4. The Labute approximate surface area is 230 Å². The number of hydrogen-bond acceptors (Lipinski definition) is 6. The van der Waals surface area contributed by atoms with Crippen LogP contribution >= 0.6 is 31.5 Å². The SMILES string of the molecule is CC(C)(C)SN1CC(N2CCCc3cc(C#N)cc(-c4ccpc5cc(CO)sc45)c32)CC12CCCC2. The van der Waals surface area contributed by atoms with Crippen molar-refractivity contribution in [1.82, 2.24) is 4.31 Å². The van der Waals surface area contributed by atoms with Gasteiger partial charge in [-0.3, -0.25) is 0 Å². The molecule has 0 amide bonds. The molecule has 6 rings (SSSR count). The zero-order valence-corrected chi connectivity index (χ0v) is 24.6. The lowest BCUT2D eigenvalue weighted by atomic mass is 9.89. The quantitative estimate of drug-likeness (QED) is 0.333. The molecule has 3 aliphatic rings. The van der Waals surface area contributed by atoms with Crippen LogP contribution < -0.4 is 4.90 Å². The first kappa shape index (κ1) is 25.7. The number of hydrogen-bond donors (Lipinski definition) is 1. The first-order valence-corrected chi connectivity index (χ1v) is 16.1. The number of fused-ring (bicyclic) bond motifs is 2. The van der Waals surface area contributed by atoms with E-state index in [1.165, 1.54) is 72.5 Å². The average molecular weight is 550 g/mol. The molecule has 37 heavy (non-hydrogen) atoms. The van der Waals surface area contributed by atoms with Crippen molar-refractivity contribution < 1.29 is 5.11 Å². The Balaban J connectivity index is 1.46. The van der Waals surface area contributed by atoms with Gasteiger partial charge in [0.2, 0.25) is 0 Å². The Morgan fingerprint density at radius 1 is 1.19 bits per heavy atom. The molecule has 4 heterocycles. The third-order valence-corrected chi connectivity index (χ3v) is 11.8. The molecule has 4 nitrogen and oxygen atoms in total. The van der Waals surface area contributed by atoms with Crippen LogP contribution in [0, 0.1) is 11.3 Å². The van der Waals surface area contributed by atoms with Crippen LogP contribution in [-0.2, 0) is 13.0 Å². The Morgan fingerprint density at radius 3 is 2.73 bits per heavy atom. The van der Waals surface area contributed by atoms with Crippen LogP contribution in [0.1, 0.15) is 75.3 Å². The largest absolute Gasteiger partial charge is 0.391 e. The zero-order valence-electron chi connectivity index (χ0n) is 22.1. The van der Waals surface area contributed by atoms with Crippen LogP contribution in [-0.4, -0.2) is 38.8 Å². The number of rotatable bonds is 4. The van der Waals surface area contributed by atoms with E-state index < -0.39 is 0 Å². The second-order valence-corrected chi connectivity index (χ2v) is 16.0. The van der Waals surface area contributed by atoms with E-state index in [9.17, 15) is 10.4 Å². The maximum absolute atomic E-state index is 9.93. The molecule has 2 aliphatic heterocycles. The number of aliphatic hydroxyl groups is 1. The van der Waals surface area contributed by atoms with Crippen molar-refractivity contribution in [2.24, 2.45) is 0 Å². The highest BCUT2D eigenvalue weighted by atomic mass is 32.2. The van der Waals surface area contributed by atoms with E-state index in [0.29, 0.717) is 11.6 Å². The summed E-state index contributed by atoms with van der Waals surface area (Å²) in [6, 6.07) is 11.6. The summed E-state index contributed by atoms with van der Waals surface area (Å²) >= 11 is 3.77. The number of nitrogens with zero attached hydrogens (tertiary/aromatic N) is 3. The molecule has 1 unspecified atom stereocenters. The number of thiophene rings is 1. The molecule has 1 N–H and O–H groups in total. The van der Waals surface area contributed by atoms with Crippen molar-refractivity contribution >= 4 is 47.0 Å². The van der Waals surface area contributed by atoms with Crippen molar-refractivity contribution in [3.63, 3.8) is 0 Å². The van der Waals surface area contributed by atoms with Gasteiger partial charge in [0.25, 0.3) is 0 Å². The maximum Gasteiger partial charge on any atom is 0.0991 e. The highest BCUT2D eigenvalue weighted by Crippen LogP contribution is 2.52. The van der Waals surface area contributed by atoms with E-state index >= 15 is 0 Å². The van der Waals surface area contributed by atoms with Crippen molar-refractivity contribution in [3.8, 4) is 17.2 Å². The highest BCUT2D eigenvalue weighted by molar-refractivity contribution is 7.98. The summed E-state index contributed by atoms with van der Waals surface area (Å²) in [5.74, 6) is 2.22. The summed E-state index contributed by atoms with van der Waals surface area (Å²) in [4.78, 5) is 3.74. The fraction of sp³-hybridized carbons (Fsp3) is 0.533. The van der Waals surface area contributed by atoms with Gasteiger partial charge in [0.1, 0.15) is 0 Å². The van der Waals surface area contributed by atoms with Gasteiger partial charge in [0.05, 0.1) is 18.2 Å². The van der Waals surface area contributed by atoms with Gasteiger partial charge in [-0.25, -0.2) is 4.31 Å². The molecule has 2 aromatic heterocycles. The Hall–Kier alpha value is -1.61. The van der Waals surface area contributed by atoms with Gasteiger partial charge in [-0.05, 0) is 88.5 Å². The molecule has 0 radical (unpaired) electrons. The molecular formula is C30H36N3OPS2. The van der Waals surface area contributed by atoms with Crippen LogP contribution in [0.15, 0.2) is 30.1 Å². The molecule has 1 saturated carbocycles. The number of anilines is 1. The summed E-state index contributed by atoms with van der Waals surface area (Å²) in [6.45, 7) is 9.29. The minimum Gasteiger partial charge on any atom is -0.391 e. The Morgan fingerprint density at radius 2 is 2.00 bits per heavy atom. The van der Waals surface area contributed by atoms with Gasteiger partial charge in [-0.1, -0.05) is 33.0 Å². The lowest BCUT2D eigenvalue weighted by Crippen LogP contribution is -2.41.